The lowest BCUT2D eigenvalue weighted by atomic mass is 9.90. The number of aliphatic hydroxyl groups is 1. The average Bonchev–Trinajstić information content (AvgIpc) is 2.98. The van der Waals surface area contributed by atoms with Gasteiger partial charge in [0.2, 0.25) is 0 Å². The fourth-order valence-corrected chi connectivity index (χ4v) is 3.21. The first-order valence-corrected chi connectivity index (χ1v) is 7.87. The van der Waals surface area contributed by atoms with Gasteiger partial charge in [-0.2, -0.15) is 0 Å². The van der Waals surface area contributed by atoms with Crippen LogP contribution in [0.15, 0.2) is 30.6 Å². The van der Waals surface area contributed by atoms with Crippen LogP contribution in [0.1, 0.15) is 30.3 Å². The van der Waals surface area contributed by atoms with Crippen LogP contribution >= 0.6 is 0 Å². The van der Waals surface area contributed by atoms with Gasteiger partial charge in [-0.15, -0.1) is 0 Å². The molecule has 124 valence electrons. The van der Waals surface area contributed by atoms with E-state index in [0.717, 1.165) is 32.0 Å². The van der Waals surface area contributed by atoms with Gasteiger partial charge in [-0.3, -0.25) is 4.90 Å². The molecule has 1 aliphatic heterocycles. The molecule has 2 aromatic rings. The molecule has 0 spiro atoms. The maximum absolute atomic E-state index is 13.7. The Hall–Kier alpha value is -1.79. The van der Waals surface area contributed by atoms with Gasteiger partial charge in [0, 0.05) is 31.5 Å². The first kappa shape index (κ1) is 16.1. The monoisotopic (exact) mass is 321 g/mol. The van der Waals surface area contributed by atoms with Crippen molar-refractivity contribution >= 4 is 0 Å². The Morgan fingerprint density at radius 2 is 2.04 bits per heavy atom. The molecule has 0 amide bonds. The van der Waals surface area contributed by atoms with Gasteiger partial charge < -0.3 is 9.67 Å². The van der Waals surface area contributed by atoms with Gasteiger partial charge in [0.05, 0.1) is 0 Å². The number of nitrogens with zero attached hydrogens (tertiary/aromatic N) is 3. The molecule has 3 rings (SSSR count). The number of aryl methyl sites for hydroxylation is 1. The molecule has 6 heteroatoms. The first-order valence-electron chi connectivity index (χ1n) is 7.87. The van der Waals surface area contributed by atoms with Crippen molar-refractivity contribution in [3.05, 3.63) is 53.6 Å². The predicted molar refractivity (Wildman–Crippen MR) is 82.5 cm³/mol. The predicted octanol–water partition coefficient (Wildman–Crippen LogP) is 2.64. The number of likely N-dealkylation sites (tertiary alicyclic amines) is 1. The van der Waals surface area contributed by atoms with Crippen LogP contribution in [0, 0.1) is 17.6 Å². The molecule has 1 fully saturated rings. The van der Waals surface area contributed by atoms with Gasteiger partial charge >= 0.3 is 0 Å². The van der Waals surface area contributed by atoms with E-state index < -0.39 is 17.7 Å². The lowest BCUT2D eigenvalue weighted by Crippen LogP contribution is -2.35. The summed E-state index contributed by atoms with van der Waals surface area (Å²) in [6, 6.07) is 4.28. The van der Waals surface area contributed by atoms with Crippen LogP contribution in [0.25, 0.3) is 0 Å². The second-order valence-corrected chi connectivity index (χ2v) is 6.17. The zero-order valence-electron chi connectivity index (χ0n) is 13.1. The molecule has 4 nitrogen and oxygen atoms in total. The summed E-state index contributed by atoms with van der Waals surface area (Å²) in [5, 5.41) is 10.5. The van der Waals surface area contributed by atoms with Crippen molar-refractivity contribution in [1.29, 1.82) is 0 Å². The molecule has 1 aromatic heterocycles. The molecule has 0 saturated carbocycles. The number of imidazole rings is 1. The highest BCUT2D eigenvalue weighted by Gasteiger charge is 2.28. The van der Waals surface area contributed by atoms with Gasteiger partial charge in [0.15, 0.2) is 11.6 Å². The molecule has 0 radical (unpaired) electrons. The third kappa shape index (κ3) is 3.43. The zero-order valence-corrected chi connectivity index (χ0v) is 13.1. The van der Waals surface area contributed by atoms with Gasteiger partial charge in [0.1, 0.15) is 11.9 Å². The number of hydrogen-bond acceptors (Lipinski definition) is 3. The topological polar surface area (TPSA) is 41.3 Å². The summed E-state index contributed by atoms with van der Waals surface area (Å²) in [4.78, 5) is 6.30. The van der Waals surface area contributed by atoms with E-state index in [9.17, 15) is 13.9 Å². The first-order chi connectivity index (χ1) is 11.1. The highest BCUT2D eigenvalue weighted by Crippen LogP contribution is 2.30. The molecule has 2 heterocycles. The summed E-state index contributed by atoms with van der Waals surface area (Å²) in [5.74, 6) is -0.741. The van der Waals surface area contributed by atoms with E-state index >= 15 is 0 Å². The Kier molecular flexibility index (Phi) is 4.73. The molecule has 23 heavy (non-hydrogen) atoms. The number of piperidine rings is 1. The van der Waals surface area contributed by atoms with E-state index in [0.29, 0.717) is 17.9 Å². The molecular formula is C17H21F2N3O. The van der Waals surface area contributed by atoms with Gasteiger partial charge in [-0.1, -0.05) is 12.1 Å². The van der Waals surface area contributed by atoms with E-state index in [2.05, 4.69) is 9.88 Å². The van der Waals surface area contributed by atoms with E-state index in [1.165, 1.54) is 6.07 Å². The standard InChI is InChI=1S/C17H21F2N3O/c1-21-10-7-20-17(21)16(23)12-5-8-22(9-6-12)11-13-3-2-4-14(18)15(13)19/h2-4,7,10,12,16,23H,5-6,8-9,11H2,1H3. The maximum Gasteiger partial charge on any atom is 0.163 e. The minimum Gasteiger partial charge on any atom is -0.385 e. The van der Waals surface area contributed by atoms with Crippen molar-refractivity contribution in [2.24, 2.45) is 13.0 Å². The van der Waals surface area contributed by atoms with Crippen LogP contribution in [0.2, 0.25) is 0 Å². The van der Waals surface area contributed by atoms with Crippen LogP contribution in [0.5, 0.6) is 0 Å². The minimum atomic E-state index is -0.803. The SMILES string of the molecule is Cn1ccnc1C(O)C1CCN(Cc2cccc(F)c2F)CC1. The van der Waals surface area contributed by atoms with Gasteiger partial charge in [0.25, 0.3) is 0 Å². The molecule has 1 aliphatic rings. The Balaban J connectivity index is 1.58. The summed E-state index contributed by atoms with van der Waals surface area (Å²) >= 11 is 0. The fourth-order valence-electron chi connectivity index (χ4n) is 3.21. The highest BCUT2D eigenvalue weighted by molar-refractivity contribution is 5.18. The summed E-state index contributed by atoms with van der Waals surface area (Å²) in [5.41, 5.74) is 0.382. The maximum atomic E-state index is 13.7. The summed E-state index contributed by atoms with van der Waals surface area (Å²) < 4.78 is 28.8. The fraction of sp³-hybridized carbons (Fsp3) is 0.471. The molecule has 1 saturated heterocycles. The van der Waals surface area contributed by atoms with Crippen LogP contribution < -0.4 is 0 Å². The molecular weight excluding hydrogens is 300 g/mol. The third-order valence-corrected chi connectivity index (χ3v) is 4.63. The number of halogens is 2. The lowest BCUT2D eigenvalue weighted by molar-refractivity contribution is 0.0489. The Bertz CT molecular complexity index is 666. The van der Waals surface area contributed by atoms with Crippen molar-refractivity contribution in [1.82, 2.24) is 14.5 Å². The highest BCUT2D eigenvalue weighted by atomic mass is 19.2. The molecule has 0 bridgehead atoms. The minimum absolute atomic E-state index is 0.143. The Morgan fingerprint density at radius 3 is 2.70 bits per heavy atom. The van der Waals surface area contributed by atoms with Crippen molar-refractivity contribution in [3.63, 3.8) is 0 Å². The summed E-state index contributed by atoms with van der Waals surface area (Å²) in [6.45, 7) is 1.90. The molecule has 1 unspecified atom stereocenters. The van der Waals surface area contributed by atoms with E-state index in [4.69, 9.17) is 0 Å². The van der Waals surface area contributed by atoms with E-state index in [-0.39, 0.29) is 5.92 Å². The number of aliphatic hydroxyl groups excluding tert-OH is 1. The summed E-state index contributed by atoms with van der Waals surface area (Å²) in [7, 11) is 1.87. The van der Waals surface area contributed by atoms with Gasteiger partial charge in [-0.05, 0) is 37.9 Å². The zero-order chi connectivity index (χ0) is 16.4. The van der Waals surface area contributed by atoms with Crippen molar-refractivity contribution in [2.75, 3.05) is 13.1 Å². The molecule has 1 atom stereocenters. The van der Waals surface area contributed by atoms with E-state index in [1.54, 1.807) is 12.3 Å². The van der Waals surface area contributed by atoms with Crippen LogP contribution in [-0.2, 0) is 13.6 Å². The van der Waals surface area contributed by atoms with Crippen molar-refractivity contribution < 1.29 is 13.9 Å². The van der Waals surface area contributed by atoms with Crippen LogP contribution in [0.4, 0.5) is 8.78 Å². The molecule has 0 aliphatic carbocycles. The third-order valence-electron chi connectivity index (χ3n) is 4.63. The largest absolute Gasteiger partial charge is 0.385 e. The molecule has 1 aromatic carbocycles. The number of benzene rings is 1. The second-order valence-electron chi connectivity index (χ2n) is 6.17. The van der Waals surface area contributed by atoms with Crippen molar-refractivity contribution in [2.45, 2.75) is 25.5 Å². The molecule has 1 N–H and O–H groups in total. The number of hydrogen-bond donors (Lipinski definition) is 1. The van der Waals surface area contributed by atoms with E-state index in [1.807, 2.05) is 17.8 Å². The van der Waals surface area contributed by atoms with Crippen LogP contribution in [0.3, 0.4) is 0 Å². The lowest BCUT2D eigenvalue weighted by Gasteiger charge is -2.34. The van der Waals surface area contributed by atoms with Gasteiger partial charge in [-0.25, -0.2) is 13.8 Å². The number of rotatable bonds is 4. The van der Waals surface area contributed by atoms with Crippen molar-refractivity contribution in [3.8, 4) is 0 Å². The quantitative estimate of drug-likeness (QED) is 0.941. The Morgan fingerprint density at radius 1 is 1.30 bits per heavy atom. The summed E-state index contributed by atoms with van der Waals surface area (Å²) in [6.07, 6.45) is 4.54. The second kappa shape index (κ2) is 6.76. The Labute approximate surface area is 134 Å². The smallest absolute Gasteiger partial charge is 0.163 e. The average molecular weight is 321 g/mol. The number of aromatic nitrogens is 2. The normalized spacial score (nSPS) is 18.3. The van der Waals surface area contributed by atoms with Crippen LogP contribution in [-0.4, -0.2) is 32.6 Å².